The molecule has 0 aromatic heterocycles. The molecule has 0 unspecified atom stereocenters. The molecule has 0 rings (SSSR count). The Balaban J connectivity index is 2.97. The van der Waals surface area contributed by atoms with E-state index in [2.05, 4.69) is 5.32 Å². The normalized spacial score (nSPS) is 9.11. The topological polar surface area (TPSA) is 29.1 Å². The second-order valence-electron chi connectivity index (χ2n) is 1.41. The Kier molecular flexibility index (Phi) is 6.41. The van der Waals surface area contributed by atoms with E-state index in [4.69, 9.17) is 0 Å². The third kappa shape index (κ3) is 6.05. The van der Waals surface area contributed by atoms with Crippen molar-refractivity contribution in [3.05, 3.63) is 0 Å². The number of rotatable bonds is 3. The molecule has 1 N–H and O–H groups in total. The van der Waals surface area contributed by atoms with Crippen LogP contribution in [0.2, 0.25) is 0 Å². The average Bonchev–Trinajstić information content (AvgIpc) is 1.89. The summed E-state index contributed by atoms with van der Waals surface area (Å²) >= 11 is 2.95. The Labute approximate surface area is 64.2 Å². The summed E-state index contributed by atoms with van der Waals surface area (Å²) in [5.41, 5.74) is 0. The lowest BCUT2D eigenvalue weighted by Gasteiger charge is -1.98. The second-order valence-corrected chi connectivity index (χ2v) is 3.18. The van der Waals surface area contributed by atoms with Crippen LogP contribution in [0, 0.1) is 0 Å². The lowest BCUT2D eigenvalue weighted by atomic mass is 10.8. The fraction of sp³-hybridized carbons (Fsp3) is 0.800. The molecule has 0 aromatic carbocycles. The zero-order valence-corrected chi connectivity index (χ0v) is 7.27. The van der Waals surface area contributed by atoms with E-state index in [1.807, 2.05) is 6.26 Å². The highest BCUT2D eigenvalue weighted by Gasteiger charge is 1.93. The Morgan fingerprint density at radius 2 is 2.22 bits per heavy atom. The average molecular weight is 165 g/mol. The van der Waals surface area contributed by atoms with Gasteiger partial charge < -0.3 is 5.32 Å². The molecule has 0 saturated carbocycles. The Morgan fingerprint density at radius 3 is 2.67 bits per heavy atom. The first-order chi connectivity index (χ1) is 4.31. The van der Waals surface area contributed by atoms with Gasteiger partial charge in [0.25, 0.3) is 5.24 Å². The molecule has 9 heavy (non-hydrogen) atoms. The van der Waals surface area contributed by atoms with Crippen molar-refractivity contribution in [3.8, 4) is 0 Å². The van der Waals surface area contributed by atoms with E-state index in [0.29, 0.717) is 0 Å². The molecule has 0 fully saturated rings. The first-order valence-corrected chi connectivity index (χ1v) is 5.24. The predicted molar refractivity (Wildman–Crippen MR) is 45.3 cm³/mol. The Hall–Kier alpha value is 0.170. The smallest absolute Gasteiger partial charge is 0.278 e. The van der Waals surface area contributed by atoms with Crippen LogP contribution in [0.25, 0.3) is 0 Å². The number of amides is 1. The summed E-state index contributed by atoms with van der Waals surface area (Å²) < 4.78 is 0. The molecule has 0 aliphatic rings. The second kappa shape index (κ2) is 6.29. The summed E-state index contributed by atoms with van der Waals surface area (Å²) in [5, 5.41) is 2.80. The standard InChI is InChI=1S/C5H11NOS2/c1-8-4-3-6-5(7)9-2/h3-4H2,1-2H3,(H,6,7). The van der Waals surface area contributed by atoms with Gasteiger partial charge in [0.1, 0.15) is 0 Å². The highest BCUT2D eigenvalue weighted by Crippen LogP contribution is 1.93. The van der Waals surface area contributed by atoms with E-state index in [1.54, 1.807) is 18.0 Å². The van der Waals surface area contributed by atoms with E-state index < -0.39 is 0 Å². The molecule has 0 aliphatic heterocycles. The van der Waals surface area contributed by atoms with Crippen LogP contribution in [0.15, 0.2) is 0 Å². The molecule has 0 saturated heterocycles. The lowest BCUT2D eigenvalue weighted by molar-refractivity contribution is 0.261. The van der Waals surface area contributed by atoms with Gasteiger partial charge >= 0.3 is 0 Å². The van der Waals surface area contributed by atoms with Crippen LogP contribution in [0.1, 0.15) is 0 Å². The summed E-state index contributed by atoms with van der Waals surface area (Å²) in [5.74, 6) is 0.992. The van der Waals surface area contributed by atoms with Gasteiger partial charge in [-0.1, -0.05) is 11.8 Å². The third-order valence-electron chi connectivity index (χ3n) is 0.761. The zero-order chi connectivity index (χ0) is 7.11. The van der Waals surface area contributed by atoms with E-state index in [-0.39, 0.29) is 5.24 Å². The van der Waals surface area contributed by atoms with Gasteiger partial charge in [0.05, 0.1) is 0 Å². The highest BCUT2D eigenvalue weighted by atomic mass is 32.2. The molecule has 0 aromatic rings. The molecule has 0 bridgehead atoms. The van der Waals surface area contributed by atoms with Crippen molar-refractivity contribution in [2.75, 3.05) is 24.8 Å². The number of nitrogens with one attached hydrogen (secondary N) is 1. The fourth-order valence-electron chi connectivity index (χ4n) is 0.327. The number of carbonyl (C=O) groups excluding carboxylic acids is 1. The van der Waals surface area contributed by atoms with Crippen molar-refractivity contribution in [1.82, 2.24) is 5.32 Å². The van der Waals surface area contributed by atoms with E-state index in [0.717, 1.165) is 12.3 Å². The van der Waals surface area contributed by atoms with Crippen molar-refractivity contribution < 1.29 is 4.79 Å². The number of thioether (sulfide) groups is 2. The van der Waals surface area contributed by atoms with Gasteiger partial charge in [-0.2, -0.15) is 11.8 Å². The molecule has 0 radical (unpaired) electrons. The molecule has 0 spiro atoms. The summed E-state index contributed by atoms with van der Waals surface area (Å²) in [4.78, 5) is 10.5. The molecule has 1 amide bonds. The quantitative estimate of drug-likeness (QED) is 0.641. The summed E-state index contributed by atoms with van der Waals surface area (Å²) in [6, 6.07) is 0. The zero-order valence-electron chi connectivity index (χ0n) is 5.64. The summed E-state index contributed by atoms with van der Waals surface area (Å²) in [7, 11) is 0. The van der Waals surface area contributed by atoms with Gasteiger partial charge in [-0.15, -0.1) is 0 Å². The maximum Gasteiger partial charge on any atom is 0.278 e. The van der Waals surface area contributed by atoms with Crippen LogP contribution in [-0.2, 0) is 0 Å². The molecule has 54 valence electrons. The van der Waals surface area contributed by atoms with Crippen LogP contribution in [0.3, 0.4) is 0 Å². The maximum atomic E-state index is 10.5. The third-order valence-corrected chi connectivity index (χ3v) is 1.89. The first kappa shape index (κ1) is 9.17. The van der Waals surface area contributed by atoms with Crippen LogP contribution >= 0.6 is 23.5 Å². The van der Waals surface area contributed by atoms with Crippen LogP contribution < -0.4 is 5.32 Å². The highest BCUT2D eigenvalue weighted by molar-refractivity contribution is 8.12. The first-order valence-electron chi connectivity index (χ1n) is 2.62. The Bertz CT molecular complexity index is 87.0. The molecule has 0 aliphatic carbocycles. The molecule has 2 nitrogen and oxygen atoms in total. The molecule has 4 heteroatoms. The van der Waals surface area contributed by atoms with Crippen LogP contribution in [-0.4, -0.2) is 30.0 Å². The van der Waals surface area contributed by atoms with E-state index in [1.165, 1.54) is 11.8 Å². The SMILES string of the molecule is CSCCNC(=O)SC. The fourth-order valence-corrected chi connectivity index (χ4v) is 0.880. The van der Waals surface area contributed by atoms with Crippen LogP contribution in [0.5, 0.6) is 0 Å². The van der Waals surface area contributed by atoms with Gasteiger partial charge in [0.15, 0.2) is 0 Å². The van der Waals surface area contributed by atoms with Crippen molar-refractivity contribution in [2.24, 2.45) is 0 Å². The van der Waals surface area contributed by atoms with E-state index >= 15 is 0 Å². The summed E-state index contributed by atoms with van der Waals surface area (Å²) in [6.45, 7) is 0.779. The minimum absolute atomic E-state index is 0.0593. The number of hydrogen-bond acceptors (Lipinski definition) is 3. The Morgan fingerprint density at radius 1 is 1.56 bits per heavy atom. The molecule has 0 heterocycles. The van der Waals surface area contributed by atoms with Gasteiger partial charge in [0.2, 0.25) is 0 Å². The minimum atomic E-state index is 0.0593. The largest absolute Gasteiger partial charge is 0.346 e. The van der Waals surface area contributed by atoms with Gasteiger partial charge in [0, 0.05) is 12.3 Å². The van der Waals surface area contributed by atoms with Gasteiger partial charge in [-0.05, 0) is 12.5 Å². The number of hydrogen-bond donors (Lipinski definition) is 1. The maximum absolute atomic E-state index is 10.5. The van der Waals surface area contributed by atoms with Crippen molar-refractivity contribution >= 4 is 28.8 Å². The molecular formula is C5H11NOS2. The van der Waals surface area contributed by atoms with Crippen LogP contribution in [0.4, 0.5) is 4.79 Å². The van der Waals surface area contributed by atoms with Crippen molar-refractivity contribution in [1.29, 1.82) is 0 Å². The molecular weight excluding hydrogens is 154 g/mol. The summed E-state index contributed by atoms with van der Waals surface area (Å²) in [6.07, 6.45) is 3.79. The van der Waals surface area contributed by atoms with Gasteiger partial charge in [-0.25, -0.2) is 0 Å². The monoisotopic (exact) mass is 165 g/mol. The van der Waals surface area contributed by atoms with Crippen molar-refractivity contribution in [2.45, 2.75) is 0 Å². The van der Waals surface area contributed by atoms with E-state index in [9.17, 15) is 4.79 Å². The van der Waals surface area contributed by atoms with Gasteiger partial charge in [-0.3, -0.25) is 4.79 Å². The minimum Gasteiger partial charge on any atom is -0.346 e. The predicted octanol–water partition coefficient (Wildman–Crippen LogP) is 1.42. The van der Waals surface area contributed by atoms with Crippen molar-refractivity contribution in [3.63, 3.8) is 0 Å². The molecule has 0 atom stereocenters. The number of carbonyl (C=O) groups is 1. The lowest BCUT2D eigenvalue weighted by Crippen LogP contribution is -2.20.